The number of nitrogens with one attached hydrogen (secondary N) is 4. The molecule has 18 nitrogen and oxygen atoms in total. The molecule has 2 aliphatic rings. The first-order valence-electron chi connectivity index (χ1n) is 28.9. The zero-order valence-electron chi connectivity index (χ0n) is 51.6. The summed E-state index contributed by atoms with van der Waals surface area (Å²) in [5.74, 6) is 3.68. The number of thiocarbonyl (C=S) groups is 1. The zero-order chi connectivity index (χ0) is 64.6. The number of non-ortho nitro benzene ring substituents is 2. The molecule has 0 fully saturated rings. The van der Waals surface area contributed by atoms with Crippen molar-refractivity contribution in [1.29, 1.82) is 0 Å². The van der Waals surface area contributed by atoms with Crippen LogP contribution in [0.15, 0.2) is 241 Å². The summed E-state index contributed by atoms with van der Waals surface area (Å²) < 4.78 is 22.9. The molecular formula is C72H72N9O9PS. The van der Waals surface area contributed by atoms with Gasteiger partial charge in [0.05, 0.1) is 35.4 Å². The van der Waals surface area contributed by atoms with Crippen molar-refractivity contribution in [2.45, 2.75) is 57.7 Å². The third-order valence-electron chi connectivity index (χ3n) is 14.3. The summed E-state index contributed by atoms with van der Waals surface area (Å²) in [5, 5.41) is 35.0. The summed E-state index contributed by atoms with van der Waals surface area (Å²) in [6.07, 6.45) is 13.5. The largest absolute Gasteiger partial charge is 0.497 e. The predicted molar refractivity (Wildman–Crippen MR) is 379 cm³/mol. The summed E-state index contributed by atoms with van der Waals surface area (Å²) in [4.78, 5) is 38.8. The van der Waals surface area contributed by atoms with Gasteiger partial charge in [-0.2, -0.15) is 14.9 Å². The summed E-state index contributed by atoms with van der Waals surface area (Å²) in [6, 6.07) is 66.8. The summed E-state index contributed by atoms with van der Waals surface area (Å²) in [6.45, 7) is 6.19. The minimum absolute atomic E-state index is 0. The van der Waals surface area contributed by atoms with Crippen molar-refractivity contribution in [1.82, 2.24) is 0 Å². The van der Waals surface area contributed by atoms with Crippen molar-refractivity contribution < 1.29 is 33.6 Å². The molecule has 0 saturated heterocycles. The van der Waals surface area contributed by atoms with Crippen molar-refractivity contribution in [3.63, 3.8) is 0 Å². The number of guanidine groups is 1. The number of hydrogen-bond donors (Lipinski definition) is 5. The molecular weight excluding hydrogens is 1200 g/mol. The number of nitro benzene ring substituents is 2. The van der Waals surface area contributed by atoms with E-state index in [4.69, 9.17) is 36.9 Å². The quantitative estimate of drug-likeness (QED) is 0.00883. The predicted octanol–water partition coefficient (Wildman–Crippen LogP) is 17.1. The Kier molecular flexibility index (Phi) is 25.0. The molecule has 0 bridgehead atoms. The number of ether oxygens (including phenoxy) is 4. The highest BCUT2D eigenvalue weighted by Crippen LogP contribution is 2.37. The number of nitrogen functional groups attached to an aromatic ring is 1. The van der Waals surface area contributed by atoms with Crippen LogP contribution in [-0.2, 0) is 17.6 Å². The minimum Gasteiger partial charge on any atom is -0.497 e. The molecule has 3 unspecified atom stereocenters. The fourth-order valence-corrected chi connectivity index (χ4v) is 9.43. The van der Waals surface area contributed by atoms with Crippen molar-refractivity contribution in [3.05, 3.63) is 279 Å². The zero-order valence-corrected chi connectivity index (χ0v) is 53.8. The second-order valence-electron chi connectivity index (χ2n) is 21.4. The van der Waals surface area contributed by atoms with Gasteiger partial charge >= 0.3 is 0 Å². The molecule has 3 atom stereocenters. The topological polar surface area (TPSA) is 239 Å². The van der Waals surface area contributed by atoms with E-state index in [0.29, 0.717) is 28.1 Å². The van der Waals surface area contributed by atoms with Crippen LogP contribution in [0.2, 0.25) is 0 Å². The molecule has 9 aromatic carbocycles. The number of methoxy groups -OCH3 is 2. The lowest BCUT2D eigenvalue weighted by atomic mass is 9.93. The Balaban J connectivity index is 0.000000203. The Morgan fingerprint density at radius 3 is 1.42 bits per heavy atom. The van der Waals surface area contributed by atoms with Crippen LogP contribution in [0.4, 0.5) is 51.2 Å². The van der Waals surface area contributed by atoms with Gasteiger partial charge in [-0.15, -0.1) is 0 Å². The number of nitro groups is 2. The summed E-state index contributed by atoms with van der Waals surface area (Å²) >= 11 is 5.37. The van der Waals surface area contributed by atoms with Crippen molar-refractivity contribution >= 4 is 103 Å². The number of fused-ring (bicyclic) bond motifs is 2. The lowest BCUT2D eigenvalue weighted by Crippen LogP contribution is -2.32. The molecule has 20 heteroatoms. The second-order valence-corrected chi connectivity index (χ2v) is 21.8. The highest BCUT2D eigenvalue weighted by atomic mass is 32.1. The van der Waals surface area contributed by atoms with E-state index in [1.807, 2.05) is 104 Å². The van der Waals surface area contributed by atoms with Gasteiger partial charge in [-0.1, -0.05) is 90.5 Å². The first kappa shape index (κ1) is 68.5. The van der Waals surface area contributed by atoms with E-state index in [0.717, 1.165) is 88.1 Å². The number of nitrogens with two attached hydrogens (primary N) is 1. The van der Waals surface area contributed by atoms with Crippen LogP contribution in [0.25, 0.3) is 12.2 Å². The number of aryl methyl sites for hydroxylation is 3. The molecule has 0 aromatic heterocycles. The molecule has 0 radical (unpaired) electrons. The van der Waals surface area contributed by atoms with Gasteiger partial charge in [0.25, 0.3) is 11.4 Å². The van der Waals surface area contributed by atoms with Crippen LogP contribution in [0.5, 0.6) is 23.0 Å². The first-order valence-corrected chi connectivity index (χ1v) is 29.4. The monoisotopic (exact) mass is 1270 g/mol. The fraction of sp³-hybridized carbons (Fsp3) is 0.153. The number of isocyanates is 1. The third kappa shape index (κ3) is 21.4. The Morgan fingerprint density at radius 2 is 0.957 bits per heavy atom. The van der Waals surface area contributed by atoms with Crippen molar-refractivity contribution in [3.8, 4) is 23.0 Å². The van der Waals surface area contributed by atoms with E-state index < -0.39 is 15.4 Å². The van der Waals surface area contributed by atoms with Crippen LogP contribution in [0.1, 0.15) is 54.5 Å². The van der Waals surface area contributed by atoms with Crippen LogP contribution in [0, 0.1) is 27.2 Å². The number of aliphatic imine (C=N–C) groups is 2. The van der Waals surface area contributed by atoms with Crippen molar-refractivity contribution in [2.75, 3.05) is 41.2 Å². The van der Waals surface area contributed by atoms with Gasteiger partial charge < -0.3 is 45.9 Å². The standard InChI is InChI=1S/C32H30N4O4.C25H23N3O3S.C8H7NO.C7H9NO.H3P/c1-32(20-18-23-6-4-3-5-7-23)21-19-24-22-27(12-17-30(24)40-32)35-31(34-26-10-15-29(39-2)16-11-26)33-25-8-13-28(14-9-25)36(37)38;1-25(15-13-18-5-3-2-4-6-18)16-14-19-17-21(9-12-23(19)31-25)27-24(32)26-20-7-10-22(11-8-20)28(29)30;1-7-2-4-8(5-3-7)9-6-10;1-9-7-4-2-6(8)3-5-7;/h3-17,19,21-22H,18,20H2,1-2H3,(H2,33,34,35);2-12,14,16-17H,13,15H2,1H3,(H2,26,27,32);2-5H,1H3;2-5H,8H2,1H3;1H3. The molecule has 470 valence electrons. The van der Waals surface area contributed by atoms with Gasteiger partial charge in [0, 0.05) is 63.8 Å². The van der Waals surface area contributed by atoms with Crippen LogP contribution in [0.3, 0.4) is 0 Å². The number of rotatable bonds is 16. The van der Waals surface area contributed by atoms with Gasteiger partial charge in [-0.05, 0) is 203 Å². The fourth-order valence-electron chi connectivity index (χ4n) is 9.19. The normalized spacial score (nSPS) is 14.5. The average Bonchev–Trinajstić information content (AvgIpc) is 0.846. The van der Waals surface area contributed by atoms with E-state index >= 15 is 0 Å². The lowest BCUT2D eigenvalue weighted by Gasteiger charge is -2.32. The maximum Gasteiger partial charge on any atom is 0.269 e. The lowest BCUT2D eigenvalue weighted by molar-refractivity contribution is -0.385. The second kappa shape index (κ2) is 33.6. The van der Waals surface area contributed by atoms with Gasteiger partial charge in [0.1, 0.15) is 34.2 Å². The number of hydrogen-bond acceptors (Lipinski definition) is 13. The summed E-state index contributed by atoms with van der Waals surface area (Å²) in [7, 11) is 3.25. The maximum atomic E-state index is 11.0. The van der Waals surface area contributed by atoms with E-state index in [9.17, 15) is 25.0 Å². The molecule has 9 aromatic rings. The molecule has 2 aliphatic heterocycles. The van der Waals surface area contributed by atoms with Gasteiger partial charge in [0.15, 0.2) is 5.11 Å². The van der Waals surface area contributed by atoms with E-state index in [-0.39, 0.29) is 26.9 Å². The minimum atomic E-state index is -0.435. The van der Waals surface area contributed by atoms with E-state index in [1.165, 1.54) is 41.5 Å². The molecule has 92 heavy (non-hydrogen) atoms. The molecule has 11 rings (SSSR count). The number of nitrogens with zero attached hydrogens (tertiary/aromatic N) is 4. The van der Waals surface area contributed by atoms with E-state index in [1.54, 1.807) is 62.8 Å². The first-order chi connectivity index (χ1) is 43.9. The van der Waals surface area contributed by atoms with Gasteiger partial charge in [-0.25, -0.2) is 9.79 Å². The number of anilines is 5. The SMILES string of the molecule is CC1(CCc2ccccc2)C=Cc2cc(NC(=S)Nc3ccc([N+](=O)[O-])cc3)ccc2O1.COc1ccc(N)cc1.COc1ccc(NC(=Nc2ccc([N+](=O)[O-])cc2)Nc2ccc3c(c2)C=CC(C)(CCc2ccccc2)O3)cc1.Cc1ccc(N=C=O)cc1.P. The molecule has 2 heterocycles. The number of benzene rings is 9. The molecule has 6 N–H and O–H groups in total. The molecule has 0 spiro atoms. The highest BCUT2D eigenvalue weighted by Gasteiger charge is 2.29. The highest BCUT2D eigenvalue weighted by molar-refractivity contribution is 7.80. The average molecular weight is 1270 g/mol. The van der Waals surface area contributed by atoms with E-state index in [2.05, 4.69) is 118 Å². The molecule has 0 saturated carbocycles. The molecule has 0 aliphatic carbocycles. The maximum absolute atomic E-state index is 11.0. The van der Waals surface area contributed by atoms with Crippen LogP contribution in [-0.4, -0.2) is 52.4 Å². The third-order valence-corrected chi connectivity index (χ3v) is 14.5. The van der Waals surface area contributed by atoms with Gasteiger partial charge in [0.2, 0.25) is 12.0 Å². The Hall–Kier alpha value is -11.0. The Bertz CT molecular complexity index is 4050. The van der Waals surface area contributed by atoms with Crippen molar-refractivity contribution in [2.24, 2.45) is 9.98 Å². The van der Waals surface area contributed by atoms with Gasteiger partial charge in [-0.3, -0.25) is 20.2 Å². The smallest absolute Gasteiger partial charge is 0.269 e. The number of carbonyl (C=O) groups excluding carboxylic acids is 1. The Labute approximate surface area is 543 Å². The Morgan fingerprint density at radius 1 is 0.554 bits per heavy atom. The summed E-state index contributed by atoms with van der Waals surface area (Å²) in [5.41, 5.74) is 15.5. The van der Waals surface area contributed by atoms with Crippen LogP contribution < -0.4 is 45.9 Å². The van der Waals surface area contributed by atoms with Crippen LogP contribution >= 0.6 is 22.1 Å². The molecule has 0 amide bonds.